The molecule has 0 unspecified atom stereocenters. The molecule has 0 bridgehead atoms. The molecular weight excluding hydrogens is 366 g/mol. The smallest absolute Gasteiger partial charge is 0.188 e. The number of methoxy groups -OCH3 is 2. The van der Waals surface area contributed by atoms with Gasteiger partial charge in [-0.05, 0) is 43.2 Å². The van der Waals surface area contributed by atoms with Crippen LogP contribution in [0.25, 0.3) is 5.69 Å². The second kappa shape index (κ2) is 9.64. The summed E-state index contributed by atoms with van der Waals surface area (Å²) in [6.45, 7) is 3.13. The van der Waals surface area contributed by atoms with Gasteiger partial charge in [-0.3, -0.25) is 0 Å². The van der Waals surface area contributed by atoms with E-state index in [2.05, 4.69) is 15.4 Å². The Labute approximate surface area is 171 Å². The Kier molecular flexibility index (Phi) is 6.73. The van der Waals surface area contributed by atoms with Crippen LogP contribution in [0.4, 0.5) is 0 Å². The van der Waals surface area contributed by atoms with E-state index in [-0.39, 0.29) is 0 Å². The van der Waals surface area contributed by atoms with Crippen LogP contribution in [0, 0.1) is 6.92 Å². The Bertz CT molecular complexity index is 967. The van der Waals surface area contributed by atoms with Crippen LogP contribution in [0.1, 0.15) is 16.8 Å². The van der Waals surface area contributed by atoms with E-state index in [1.165, 1.54) is 0 Å². The molecule has 0 atom stereocenters. The quantitative estimate of drug-likeness (QED) is 0.454. The van der Waals surface area contributed by atoms with Gasteiger partial charge < -0.3 is 20.5 Å². The lowest BCUT2D eigenvalue weighted by Gasteiger charge is -2.10. The van der Waals surface area contributed by atoms with Crippen molar-refractivity contribution in [3.63, 3.8) is 0 Å². The number of benzene rings is 2. The van der Waals surface area contributed by atoms with E-state index in [0.717, 1.165) is 40.4 Å². The van der Waals surface area contributed by atoms with Crippen molar-refractivity contribution in [1.82, 2.24) is 15.1 Å². The third kappa shape index (κ3) is 5.28. The van der Waals surface area contributed by atoms with Crippen molar-refractivity contribution < 1.29 is 9.47 Å². The number of guanidine groups is 1. The summed E-state index contributed by atoms with van der Waals surface area (Å²) in [5, 5.41) is 7.71. The molecule has 0 radical (unpaired) electrons. The highest BCUT2D eigenvalue weighted by Crippen LogP contribution is 2.27. The van der Waals surface area contributed by atoms with Gasteiger partial charge >= 0.3 is 0 Å². The van der Waals surface area contributed by atoms with E-state index in [1.54, 1.807) is 14.2 Å². The van der Waals surface area contributed by atoms with E-state index < -0.39 is 0 Å². The van der Waals surface area contributed by atoms with Crippen LogP contribution >= 0.6 is 0 Å². The molecule has 3 N–H and O–H groups in total. The molecule has 1 aromatic heterocycles. The monoisotopic (exact) mass is 393 g/mol. The first-order valence-electron chi connectivity index (χ1n) is 9.46. The highest BCUT2D eigenvalue weighted by molar-refractivity contribution is 5.77. The fourth-order valence-corrected chi connectivity index (χ4v) is 2.96. The SMILES string of the molecule is COc1ccc(CCNC(N)=NCc2cn(-c3ccccc3)nc2C)cc1OC. The second-order valence-electron chi connectivity index (χ2n) is 6.59. The molecule has 7 nitrogen and oxygen atoms in total. The summed E-state index contributed by atoms with van der Waals surface area (Å²) < 4.78 is 12.5. The minimum absolute atomic E-state index is 0.414. The summed E-state index contributed by atoms with van der Waals surface area (Å²) in [5.74, 6) is 1.85. The maximum Gasteiger partial charge on any atom is 0.188 e. The maximum absolute atomic E-state index is 6.02. The first-order valence-corrected chi connectivity index (χ1v) is 9.46. The minimum atomic E-state index is 0.414. The molecule has 0 saturated heterocycles. The van der Waals surface area contributed by atoms with Crippen molar-refractivity contribution in [2.75, 3.05) is 20.8 Å². The predicted octanol–water partition coefficient (Wildman–Crippen LogP) is 2.84. The number of rotatable bonds is 8. The van der Waals surface area contributed by atoms with Crippen molar-refractivity contribution >= 4 is 5.96 Å². The van der Waals surface area contributed by atoms with Crippen molar-refractivity contribution in [3.05, 3.63) is 71.5 Å². The van der Waals surface area contributed by atoms with E-state index in [4.69, 9.17) is 15.2 Å². The highest BCUT2D eigenvalue weighted by Gasteiger charge is 2.07. The summed E-state index contributed by atoms with van der Waals surface area (Å²) in [5.41, 5.74) is 10.2. The molecule has 0 fully saturated rings. The van der Waals surface area contributed by atoms with E-state index >= 15 is 0 Å². The van der Waals surface area contributed by atoms with E-state index in [9.17, 15) is 0 Å². The van der Waals surface area contributed by atoms with Crippen molar-refractivity contribution in [2.45, 2.75) is 19.9 Å². The number of aromatic nitrogens is 2. The lowest BCUT2D eigenvalue weighted by molar-refractivity contribution is 0.354. The lowest BCUT2D eigenvalue weighted by Crippen LogP contribution is -2.33. The molecule has 0 aliphatic heterocycles. The fraction of sp³-hybridized carbons (Fsp3) is 0.273. The zero-order valence-electron chi connectivity index (χ0n) is 17.1. The first-order chi connectivity index (χ1) is 14.1. The van der Waals surface area contributed by atoms with Gasteiger partial charge in [0.2, 0.25) is 0 Å². The largest absolute Gasteiger partial charge is 0.493 e. The van der Waals surface area contributed by atoms with Gasteiger partial charge in [0, 0.05) is 18.3 Å². The maximum atomic E-state index is 6.02. The van der Waals surface area contributed by atoms with Crippen molar-refractivity contribution in [2.24, 2.45) is 10.7 Å². The lowest BCUT2D eigenvalue weighted by atomic mass is 10.1. The van der Waals surface area contributed by atoms with Gasteiger partial charge in [-0.15, -0.1) is 0 Å². The molecule has 2 aromatic carbocycles. The van der Waals surface area contributed by atoms with Crippen LogP contribution in [0.5, 0.6) is 11.5 Å². The Balaban J connectivity index is 1.54. The number of ether oxygens (including phenoxy) is 2. The highest BCUT2D eigenvalue weighted by atomic mass is 16.5. The van der Waals surface area contributed by atoms with Gasteiger partial charge in [0.1, 0.15) is 0 Å². The average Bonchev–Trinajstić information content (AvgIpc) is 3.13. The number of nitrogens with zero attached hydrogens (tertiary/aromatic N) is 3. The normalized spacial score (nSPS) is 11.3. The molecule has 0 amide bonds. The molecule has 3 aromatic rings. The van der Waals surface area contributed by atoms with Gasteiger partial charge in [0.25, 0.3) is 0 Å². The summed E-state index contributed by atoms with van der Waals surface area (Å²) in [4.78, 5) is 4.44. The Hall–Kier alpha value is -3.48. The number of hydrogen-bond donors (Lipinski definition) is 2. The van der Waals surface area contributed by atoms with Crippen LogP contribution in [-0.4, -0.2) is 36.5 Å². The van der Waals surface area contributed by atoms with Gasteiger partial charge in [0.05, 0.1) is 32.1 Å². The minimum Gasteiger partial charge on any atom is -0.493 e. The molecule has 7 heteroatoms. The number of aryl methyl sites for hydroxylation is 1. The van der Waals surface area contributed by atoms with Crippen molar-refractivity contribution in [1.29, 1.82) is 0 Å². The first kappa shape index (κ1) is 20.3. The fourth-order valence-electron chi connectivity index (χ4n) is 2.96. The van der Waals surface area contributed by atoms with Crippen LogP contribution in [0.2, 0.25) is 0 Å². The standard InChI is InChI=1S/C22H27N5O2/c1-16-18(15-27(26-16)19-7-5-4-6-8-19)14-25-22(23)24-12-11-17-9-10-20(28-2)21(13-17)29-3/h4-10,13,15H,11-12,14H2,1-3H3,(H3,23,24,25). The molecule has 0 spiro atoms. The van der Waals surface area contributed by atoms with Crippen LogP contribution in [0.15, 0.2) is 59.7 Å². The topological polar surface area (TPSA) is 86.7 Å². The average molecular weight is 393 g/mol. The molecule has 152 valence electrons. The third-order valence-electron chi connectivity index (χ3n) is 4.61. The predicted molar refractivity (Wildman–Crippen MR) is 115 cm³/mol. The number of hydrogen-bond acceptors (Lipinski definition) is 4. The number of para-hydroxylation sites is 1. The van der Waals surface area contributed by atoms with Crippen LogP contribution in [0.3, 0.4) is 0 Å². The molecule has 29 heavy (non-hydrogen) atoms. The summed E-state index contributed by atoms with van der Waals surface area (Å²) >= 11 is 0. The molecule has 0 aliphatic rings. The van der Waals surface area contributed by atoms with Crippen LogP contribution in [-0.2, 0) is 13.0 Å². The third-order valence-corrected chi connectivity index (χ3v) is 4.61. The van der Waals surface area contributed by atoms with Gasteiger partial charge in [-0.25, -0.2) is 9.67 Å². The molecule has 3 rings (SSSR count). The van der Waals surface area contributed by atoms with E-state index in [1.807, 2.05) is 66.3 Å². The molecule has 0 saturated carbocycles. The summed E-state index contributed by atoms with van der Waals surface area (Å²) in [7, 11) is 3.26. The number of nitrogens with one attached hydrogen (secondary N) is 1. The zero-order chi connectivity index (χ0) is 20.6. The molecule has 0 aliphatic carbocycles. The molecular formula is C22H27N5O2. The van der Waals surface area contributed by atoms with Gasteiger partial charge in [-0.2, -0.15) is 5.10 Å². The summed E-state index contributed by atoms with van der Waals surface area (Å²) in [6, 6.07) is 15.9. The van der Waals surface area contributed by atoms with Gasteiger partial charge in [-0.1, -0.05) is 24.3 Å². The zero-order valence-corrected chi connectivity index (χ0v) is 17.1. The summed E-state index contributed by atoms with van der Waals surface area (Å²) in [6.07, 6.45) is 2.78. The number of aliphatic imine (C=N–C) groups is 1. The Morgan fingerprint density at radius 3 is 2.59 bits per heavy atom. The second-order valence-corrected chi connectivity index (χ2v) is 6.59. The van der Waals surface area contributed by atoms with E-state index in [0.29, 0.717) is 19.0 Å². The number of nitrogens with two attached hydrogens (primary N) is 1. The Morgan fingerprint density at radius 1 is 1.10 bits per heavy atom. The van der Waals surface area contributed by atoms with Gasteiger partial charge in [0.15, 0.2) is 17.5 Å². The van der Waals surface area contributed by atoms with Crippen molar-refractivity contribution in [3.8, 4) is 17.2 Å². The Morgan fingerprint density at radius 2 is 1.86 bits per heavy atom. The van der Waals surface area contributed by atoms with Crippen LogP contribution < -0.4 is 20.5 Å². The molecule has 1 heterocycles.